The molecule has 0 radical (unpaired) electrons. The summed E-state index contributed by atoms with van der Waals surface area (Å²) in [5.74, 6) is 1.50. The van der Waals surface area contributed by atoms with Crippen LogP contribution in [0.3, 0.4) is 0 Å². The van der Waals surface area contributed by atoms with Crippen LogP contribution in [0.25, 0.3) is 22.2 Å². The predicted octanol–water partition coefficient (Wildman–Crippen LogP) is 4.67. The van der Waals surface area contributed by atoms with Crippen LogP contribution >= 0.6 is 22.9 Å². The van der Waals surface area contributed by atoms with Gasteiger partial charge in [0.05, 0.1) is 5.69 Å². The summed E-state index contributed by atoms with van der Waals surface area (Å²) in [7, 11) is -2.44. The lowest BCUT2D eigenvalue weighted by Gasteiger charge is -2.19. The van der Waals surface area contributed by atoms with Crippen molar-refractivity contribution >= 4 is 38.6 Å². The first-order valence-corrected chi connectivity index (χ1v) is 11.7. The molecular formula is C20H14ClN3O5S2. The summed E-state index contributed by atoms with van der Waals surface area (Å²) in [6, 6.07) is 13.5. The summed E-state index contributed by atoms with van der Waals surface area (Å²) in [5, 5.41) is 6.17. The minimum Gasteiger partial charge on any atom is -0.454 e. The molecule has 2 aromatic carbocycles. The fraction of sp³-hybridized carbons (Fsp3) is 0.100. The van der Waals surface area contributed by atoms with E-state index in [1.165, 1.54) is 28.8 Å². The highest BCUT2D eigenvalue weighted by atomic mass is 35.5. The second-order valence-electron chi connectivity index (χ2n) is 6.56. The molecule has 0 unspecified atom stereocenters. The summed E-state index contributed by atoms with van der Waals surface area (Å²) in [6.07, 6.45) is 0. The molecule has 5 rings (SSSR count). The van der Waals surface area contributed by atoms with Crippen molar-refractivity contribution in [3.63, 3.8) is 0 Å². The number of halogens is 1. The summed E-state index contributed by atoms with van der Waals surface area (Å²) >= 11 is 7.23. The van der Waals surface area contributed by atoms with Crippen molar-refractivity contribution in [3.8, 4) is 33.7 Å². The molecule has 0 fully saturated rings. The van der Waals surface area contributed by atoms with Crippen LogP contribution in [-0.2, 0) is 10.0 Å². The Bertz CT molecular complexity index is 1380. The van der Waals surface area contributed by atoms with Crippen molar-refractivity contribution in [3.05, 3.63) is 58.9 Å². The third-order valence-corrected chi connectivity index (χ3v) is 7.79. The summed E-state index contributed by atoms with van der Waals surface area (Å²) < 4.78 is 43.9. The van der Waals surface area contributed by atoms with Gasteiger partial charge >= 0.3 is 0 Å². The van der Waals surface area contributed by atoms with Crippen LogP contribution in [-0.4, -0.2) is 32.4 Å². The number of hydrogen-bond acceptors (Lipinski definition) is 8. The monoisotopic (exact) mass is 475 g/mol. The SMILES string of the molecule is CN(c1ccc2c(c1)OCO2)S(=O)(=O)c1ccsc1-c1nc(-c2cccc(Cl)c2)no1. The first-order valence-electron chi connectivity index (χ1n) is 8.99. The molecular weight excluding hydrogens is 462 g/mol. The van der Waals surface area contributed by atoms with E-state index in [1.807, 2.05) is 0 Å². The number of anilines is 1. The molecule has 0 atom stereocenters. The third kappa shape index (κ3) is 3.52. The van der Waals surface area contributed by atoms with E-state index < -0.39 is 10.0 Å². The molecule has 0 aliphatic carbocycles. The van der Waals surface area contributed by atoms with Crippen molar-refractivity contribution in [2.24, 2.45) is 0 Å². The van der Waals surface area contributed by atoms with Crippen molar-refractivity contribution in [1.29, 1.82) is 0 Å². The average Bonchev–Trinajstić information content (AvgIpc) is 3.52. The van der Waals surface area contributed by atoms with Gasteiger partial charge in [-0.05, 0) is 35.7 Å². The molecule has 1 aliphatic rings. The maximum absolute atomic E-state index is 13.4. The number of thiophene rings is 1. The third-order valence-electron chi connectivity index (χ3n) is 4.69. The second kappa shape index (κ2) is 7.56. The molecule has 0 saturated heterocycles. The van der Waals surface area contributed by atoms with Gasteiger partial charge in [-0.25, -0.2) is 8.42 Å². The lowest BCUT2D eigenvalue weighted by Crippen LogP contribution is -2.26. The van der Waals surface area contributed by atoms with Crippen molar-refractivity contribution in [2.45, 2.75) is 4.90 Å². The fourth-order valence-electron chi connectivity index (χ4n) is 3.08. The zero-order valence-corrected chi connectivity index (χ0v) is 18.4. The highest BCUT2D eigenvalue weighted by molar-refractivity contribution is 7.93. The van der Waals surface area contributed by atoms with Crippen molar-refractivity contribution in [1.82, 2.24) is 10.1 Å². The molecule has 3 heterocycles. The number of aromatic nitrogens is 2. The molecule has 0 saturated carbocycles. The van der Waals surface area contributed by atoms with Crippen LogP contribution in [0, 0.1) is 0 Å². The maximum Gasteiger partial charge on any atom is 0.269 e. The standard InChI is InChI=1S/C20H14ClN3O5S2/c1-24(14-5-6-15-16(10-14)28-11-27-15)31(25,26)17-7-8-30-18(17)20-22-19(23-29-20)12-3-2-4-13(21)9-12/h2-10H,11H2,1H3. The van der Waals surface area contributed by atoms with E-state index >= 15 is 0 Å². The van der Waals surface area contributed by atoms with Crippen molar-refractivity contribution < 1.29 is 22.4 Å². The Morgan fingerprint density at radius 1 is 1.10 bits per heavy atom. The number of fused-ring (bicyclic) bond motifs is 1. The normalized spacial score (nSPS) is 12.8. The topological polar surface area (TPSA) is 94.8 Å². The van der Waals surface area contributed by atoms with E-state index in [-0.39, 0.29) is 17.6 Å². The Labute approximate surface area is 186 Å². The van der Waals surface area contributed by atoms with Crippen LogP contribution in [0.15, 0.2) is 63.3 Å². The number of hydrogen-bond donors (Lipinski definition) is 0. The molecule has 158 valence electrons. The van der Waals surface area contributed by atoms with E-state index in [1.54, 1.807) is 47.8 Å². The van der Waals surface area contributed by atoms with Gasteiger partial charge < -0.3 is 14.0 Å². The Balaban J connectivity index is 1.50. The quantitative estimate of drug-likeness (QED) is 0.413. The number of nitrogens with zero attached hydrogens (tertiary/aromatic N) is 3. The lowest BCUT2D eigenvalue weighted by atomic mass is 10.2. The van der Waals surface area contributed by atoms with Gasteiger partial charge in [-0.15, -0.1) is 11.3 Å². The molecule has 0 N–H and O–H groups in total. The van der Waals surface area contributed by atoms with Crippen LogP contribution in [0.2, 0.25) is 5.02 Å². The smallest absolute Gasteiger partial charge is 0.269 e. The molecule has 0 spiro atoms. The molecule has 0 bridgehead atoms. The molecule has 0 amide bonds. The molecule has 11 heteroatoms. The number of rotatable bonds is 5. The Morgan fingerprint density at radius 3 is 2.77 bits per heavy atom. The molecule has 4 aromatic rings. The largest absolute Gasteiger partial charge is 0.454 e. The van der Waals surface area contributed by atoms with E-state index in [9.17, 15) is 8.42 Å². The summed E-state index contributed by atoms with van der Waals surface area (Å²) in [6.45, 7) is 0.107. The Kier molecular flexibility index (Phi) is 4.84. The number of benzene rings is 2. The van der Waals surface area contributed by atoms with Gasteiger partial charge in [0.1, 0.15) is 9.77 Å². The highest BCUT2D eigenvalue weighted by Crippen LogP contribution is 2.39. The van der Waals surface area contributed by atoms with Crippen molar-refractivity contribution in [2.75, 3.05) is 18.1 Å². The van der Waals surface area contributed by atoms with E-state index in [4.69, 9.17) is 25.6 Å². The fourth-order valence-corrected chi connectivity index (χ4v) is 5.78. The highest BCUT2D eigenvalue weighted by Gasteiger charge is 2.29. The first-order chi connectivity index (χ1) is 14.9. The second-order valence-corrected chi connectivity index (χ2v) is 9.85. The van der Waals surface area contributed by atoms with Crippen LogP contribution in [0.5, 0.6) is 11.5 Å². The van der Waals surface area contributed by atoms with Gasteiger partial charge in [0.25, 0.3) is 15.9 Å². The average molecular weight is 476 g/mol. The minimum atomic E-state index is -3.91. The zero-order chi connectivity index (χ0) is 21.6. The van der Waals surface area contributed by atoms with Crippen LogP contribution in [0.1, 0.15) is 0 Å². The molecule has 1 aliphatic heterocycles. The maximum atomic E-state index is 13.4. The zero-order valence-electron chi connectivity index (χ0n) is 16.0. The van der Waals surface area contributed by atoms with Crippen LogP contribution in [0.4, 0.5) is 5.69 Å². The van der Waals surface area contributed by atoms with Gasteiger partial charge in [-0.2, -0.15) is 4.98 Å². The van der Waals surface area contributed by atoms with Gasteiger partial charge in [-0.1, -0.05) is 28.9 Å². The number of sulfonamides is 1. The van der Waals surface area contributed by atoms with Gasteiger partial charge in [0.2, 0.25) is 12.6 Å². The van der Waals surface area contributed by atoms with Crippen LogP contribution < -0.4 is 13.8 Å². The summed E-state index contributed by atoms with van der Waals surface area (Å²) in [5.41, 5.74) is 1.10. The molecule has 31 heavy (non-hydrogen) atoms. The van der Waals surface area contributed by atoms with E-state index in [2.05, 4.69) is 10.1 Å². The Morgan fingerprint density at radius 2 is 1.94 bits per heavy atom. The predicted molar refractivity (Wildman–Crippen MR) is 116 cm³/mol. The molecule has 8 nitrogen and oxygen atoms in total. The minimum absolute atomic E-state index is 0.0685. The Hall–Kier alpha value is -3.08. The molecule has 2 aromatic heterocycles. The number of ether oxygens (including phenoxy) is 2. The summed E-state index contributed by atoms with van der Waals surface area (Å²) in [4.78, 5) is 4.80. The van der Waals surface area contributed by atoms with E-state index in [0.29, 0.717) is 38.5 Å². The van der Waals surface area contributed by atoms with Gasteiger partial charge in [0.15, 0.2) is 11.5 Å². The van der Waals surface area contributed by atoms with E-state index in [0.717, 1.165) is 0 Å². The van der Waals surface area contributed by atoms with Gasteiger partial charge in [-0.3, -0.25) is 4.31 Å². The lowest BCUT2D eigenvalue weighted by molar-refractivity contribution is 0.174. The van der Waals surface area contributed by atoms with Gasteiger partial charge in [0, 0.05) is 23.7 Å². The first kappa shape index (κ1) is 19.9.